The Morgan fingerprint density at radius 1 is 1.10 bits per heavy atom. The molecule has 1 aliphatic heterocycles. The van der Waals surface area contributed by atoms with Gasteiger partial charge in [0.2, 0.25) is 0 Å². The minimum Gasteiger partial charge on any atom is -0.378 e. The first-order valence-corrected chi connectivity index (χ1v) is 9.98. The summed E-state index contributed by atoms with van der Waals surface area (Å²) in [4.78, 5) is 34.2. The van der Waals surface area contributed by atoms with Crippen LogP contribution in [0.15, 0.2) is 53.6 Å². The number of fused-ring (bicyclic) bond motifs is 1. The third-order valence-corrected chi connectivity index (χ3v) is 5.41. The van der Waals surface area contributed by atoms with Gasteiger partial charge >= 0.3 is 0 Å². The molecule has 9 heteroatoms. The summed E-state index contributed by atoms with van der Waals surface area (Å²) in [5, 5.41) is 14.8. The summed E-state index contributed by atoms with van der Waals surface area (Å²) in [6, 6.07) is 13.3. The highest BCUT2D eigenvalue weighted by atomic mass is 16.6. The van der Waals surface area contributed by atoms with Crippen molar-refractivity contribution in [1.29, 1.82) is 0 Å². The van der Waals surface area contributed by atoms with E-state index in [1.807, 2.05) is 6.07 Å². The molecule has 3 aromatic rings. The highest BCUT2D eigenvalue weighted by Gasteiger charge is 2.19. The number of anilines is 1. The summed E-state index contributed by atoms with van der Waals surface area (Å²) < 4.78 is 0. The van der Waals surface area contributed by atoms with Gasteiger partial charge in [-0.25, -0.2) is 4.98 Å². The molecular weight excluding hydrogens is 384 g/mol. The van der Waals surface area contributed by atoms with Gasteiger partial charge in [0.1, 0.15) is 5.69 Å². The van der Waals surface area contributed by atoms with Gasteiger partial charge < -0.3 is 10.3 Å². The highest BCUT2D eigenvalue weighted by Crippen LogP contribution is 2.27. The second-order valence-electron chi connectivity index (χ2n) is 7.41. The van der Waals surface area contributed by atoms with E-state index in [1.165, 1.54) is 18.0 Å². The Bertz CT molecular complexity index is 1080. The SMILES string of the molecule is O=c1[nH]cnc2cc(NCCN3CCN(Cc4ccccc4)CC3)c([N+](=O)[O-])cc12. The zero-order chi connectivity index (χ0) is 20.9. The van der Waals surface area contributed by atoms with E-state index < -0.39 is 4.92 Å². The van der Waals surface area contributed by atoms with Gasteiger partial charge in [0.05, 0.1) is 22.2 Å². The fraction of sp³-hybridized carbons (Fsp3) is 0.333. The maximum atomic E-state index is 11.9. The molecule has 1 fully saturated rings. The van der Waals surface area contributed by atoms with Gasteiger partial charge in [-0.3, -0.25) is 24.7 Å². The second-order valence-corrected chi connectivity index (χ2v) is 7.41. The van der Waals surface area contributed by atoms with E-state index in [1.54, 1.807) is 6.07 Å². The number of aromatic amines is 1. The molecule has 0 saturated carbocycles. The van der Waals surface area contributed by atoms with Crippen LogP contribution in [0.3, 0.4) is 0 Å². The maximum Gasteiger partial charge on any atom is 0.293 e. The quantitative estimate of drug-likeness (QED) is 0.455. The van der Waals surface area contributed by atoms with E-state index in [4.69, 9.17) is 0 Å². The molecule has 1 saturated heterocycles. The predicted octanol–water partition coefficient (Wildman–Crippen LogP) is 2.06. The lowest BCUT2D eigenvalue weighted by atomic mass is 10.2. The Labute approximate surface area is 173 Å². The fourth-order valence-corrected chi connectivity index (χ4v) is 3.76. The molecule has 0 spiro atoms. The van der Waals surface area contributed by atoms with Crippen molar-refractivity contribution in [1.82, 2.24) is 19.8 Å². The number of nitro benzene ring substituents is 1. The van der Waals surface area contributed by atoms with E-state index in [9.17, 15) is 14.9 Å². The number of nitro groups is 1. The third-order valence-electron chi connectivity index (χ3n) is 5.41. The first-order chi connectivity index (χ1) is 14.6. The van der Waals surface area contributed by atoms with Gasteiger partial charge in [-0.2, -0.15) is 0 Å². The number of nitrogens with zero attached hydrogens (tertiary/aromatic N) is 4. The minimum absolute atomic E-state index is 0.117. The number of H-pyrrole nitrogens is 1. The molecule has 0 amide bonds. The van der Waals surface area contributed by atoms with Gasteiger partial charge in [0.25, 0.3) is 11.2 Å². The zero-order valence-electron chi connectivity index (χ0n) is 16.6. The number of nitrogens with one attached hydrogen (secondary N) is 2. The molecule has 2 heterocycles. The molecule has 0 unspecified atom stereocenters. The number of benzene rings is 2. The van der Waals surface area contributed by atoms with E-state index in [0.29, 0.717) is 17.7 Å². The molecule has 1 aromatic heterocycles. The van der Waals surface area contributed by atoms with Crippen molar-refractivity contribution >= 4 is 22.3 Å². The minimum atomic E-state index is -0.476. The molecule has 9 nitrogen and oxygen atoms in total. The molecule has 0 aliphatic carbocycles. The Kier molecular flexibility index (Phi) is 6.01. The van der Waals surface area contributed by atoms with Crippen LogP contribution in [-0.2, 0) is 6.54 Å². The van der Waals surface area contributed by atoms with Crippen LogP contribution >= 0.6 is 0 Å². The van der Waals surface area contributed by atoms with Crippen LogP contribution in [0.25, 0.3) is 10.9 Å². The van der Waals surface area contributed by atoms with Crippen LogP contribution in [0, 0.1) is 10.1 Å². The van der Waals surface area contributed by atoms with Crippen LogP contribution in [0.2, 0.25) is 0 Å². The first kappa shape index (κ1) is 20.0. The molecule has 30 heavy (non-hydrogen) atoms. The summed E-state index contributed by atoms with van der Waals surface area (Å²) in [5.74, 6) is 0. The van der Waals surface area contributed by atoms with Crippen LogP contribution in [0.1, 0.15) is 5.56 Å². The lowest BCUT2D eigenvalue weighted by Crippen LogP contribution is -2.47. The van der Waals surface area contributed by atoms with Crippen molar-refractivity contribution in [2.45, 2.75) is 6.54 Å². The second kappa shape index (κ2) is 9.02. The van der Waals surface area contributed by atoms with Crippen LogP contribution in [0.4, 0.5) is 11.4 Å². The van der Waals surface area contributed by atoms with E-state index >= 15 is 0 Å². The molecule has 0 bridgehead atoms. The van der Waals surface area contributed by atoms with E-state index in [0.717, 1.165) is 39.3 Å². The lowest BCUT2D eigenvalue weighted by Gasteiger charge is -2.34. The average molecular weight is 408 g/mol. The van der Waals surface area contributed by atoms with Crippen molar-refractivity contribution in [2.75, 3.05) is 44.6 Å². The van der Waals surface area contributed by atoms with Gasteiger partial charge in [-0.05, 0) is 11.6 Å². The standard InChI is InChI=1S/C21H24N6O3/c28-21-17-12-20(27(29)30)19(13-18(17)23-15-24-21)22-6-7-25-8-10-26(11-9-25)14-16-4-2-1-3-5-16/h1-5,12-13,15,22H,6-11,14H2,(H,23,24,28). The molecular formula is C21H24N6O3. The maximum absolute atomic E-state index is 11.9. The van der Waals surface area contributed by atoms with Crippen molar-refractivity contribution in [3.63, 3.8) is 0 Å². The van der Waals surface area contributed by atoms with Crippen molar-refractivity contribution < 1.29 is 4.92 Å². The summed E-state index contributed by atoms with van der Waals surface area (Å²) in [6.07, 6.45) is 1.30. The Balaban J connectivity index is 1.32. The average Bonchev–Trinajstić information content (AvgIpc) is 2.75. The Morgan fingerprint density at radius 3 is 2.57 bits per heavy atom. The zero-order valence-corrected chi connectivity index (χ0v) is 16.6. The summed E-state index contributed by atoms with van der Waals surface area (Å²) >= 11 is 0. The van der Waals surface area contributed by atoms with Crippen LogP contribution in [-0.4, -0.2) is 64.0 Å². The molecule has 2 aromatic carbocycles. The molecule has 4 rings (SSSR count). The van der Waals surface area contributed by atoms with Crippen molar-refractivity contribution in [2.24, 2.45) is 0 Å². The lowest BCUT2D eigenvalue weighted by molar-refractivity contribution is -0.383. The largest absolute Gasteiger partial charge is 0.378 e. The first-order valence-electron chi connectivity index (χ1n) is 9.98. The van der Waals surface area contributed by atoms with E-state index in [2.05, 4.69) is 49.4 Å². The van der Waals surface area contributed by atoms with Crippen molar-refractivity contribution in [3.8, 4) is 0 Å². The van der Waals surface area contributed by atoms with Gasteiger partial charge in [-0.1, -0.05) is 30.3 Å². The van der Waals surface area contributed by atoms with Gasteiger partial charge in [0.15, 0.2) is 0 Å². The van der Waals surface area contributed by atoms with Gasteiger partial charge in [-0.15, -0.1) is 0 Å². The third kappa shape index (κ3) is 4.64. The smallest absolute Gasteiger partial charge is 0.293 e. The molecule has 2 N–H and O–H groups in total. The van der Waals surface area contributed by atoms with Gasteiger partial charge in [0, 0.05) is 51.9 Å². The topological polar surface area (TPSA) is 107 Å². The molecule has 0 radical (unpaired) electrons. The molecule has 156 valence electrons. The van der Waals surface area contributed by atoms with Crippen LogP contribution < -0.4 is 10.9 Å². The number of rotatable bonds is 7. The Morgan fingerprint density at radius 2 is 1.83 bits per heavy atom. The molecule has 0 atom stereocenters. The van der Waals surface area contributed by atoms with Crippen molar-refractivity contribution in [3.05, 3.63) is 74.8 Å². The summed E-state index contributed by atoms with van der Waals surface area (Å²) in [7, 11) is 0. The molecule has 1 aliphatic rings. The van der Waals surface area contributed by atoms with Crippen LogP contribution in [0.5, 0.6) is 0 Å². The Hall–Kier alpha value is -3.30. The summed E-state index contributed by atoms with van der Waals surface area (Å²) in [5.41, 5.74) is 1.63. The summed E-state index contributed by atoms with van der Waals surface area (Å²) in [6.45, 7) is 6.25. The predicted molar refractivity (Wildman–Crippen MR) is 116 cm³/mol. The highest BCUT2D eigenvalue weighted by molar-refractivity contribution is 5.86. The fourth-order valence-electron chi connectivity index (χ4n) is 3.76. The number of hydrogen-bond acceptors (Lipinski definition) is 7. The number of aromatic nitrogens is 2. The van der Waals surface area contributed by atoms with E-state index in [-0.39, 0.29) is 16.6 Å². The normalized spacial score (nSPS) is 15.3. The number of hydrogen-bond donors (Lipinski definition) is 2. The number of piperazine rings is 1. The monoisotopic (exact) mass is 408 g/mol.